The average molecular weight is 370 g/mol. The van der Waals surface area contributed by atoms with E-state index in [1.165, 1.54) is 9.45 Å². The van der Waals surface area contributed by atoms with Gasteiger partial charge in [-0.25, -0.2) is 0 Å². The van der Waals surface area contributed by atoms with Crippen LogP contribution in [-0.4, -0.2) is 0 Å². The van der Waals surface area contributed by atoms with Crippen LogP contribution in [0.2, 0.25) is 25.3 Å². The van der Waals surface area contributed by atoms with Crippen molar-refractivity contribution in [3.05, 3.63) is 0 Å². The quantitative estimate of drug-likeness (QED) is 0.429. The molecular formula is C18H42OTi2. The predicted octanol–water partition coefficient (Wildman–Crippen LogP) is 8.11. The van der Waals surface area contributed by atoms with Gasteiger partial charge in [-0.05, 0) is 0 Å². The van der Waals surface area contributed by atoms with Crippen molar-refractivity contribution in [2.75, 3.05) is 0 Å². The molecule has 1 nitrogen and oxygen atoms in total. The van der Waals surface area contributed by atoms with Gasteiger partial charge < -0.3 is 0 Å². The van der Waals surface area contributed by atoms with Crippen LogP contribution in [-0.2, 0) is 35.9 Å². The Morgan fingerprint density at radius 2 is 1.05 bits per heavy atom. The third kappa shape index (κ3) is 4.27. The van der Waals surface area contributed by atoms with Gasteiger partial charge in [-0.3, -0.25) is 0 Å². The summed E-state index contributed by atoms with van der Waals surface area (Å²) in [5.74, 6) is 0. The average Bonchev–Trinajstić information content (AvgIpc) is 2.26. The maximum absolute atomic E-state index is 7.55. The first kappa shape index (κ1) is 22.4. The standard InChI is InChI=1S/2C4H9.2C3H7.2C2H5.O.2Ti/c2*1-4(2)3;2*1-3-2;2*1-2;;;/h2*1-3H3;2*3H,1-2H3;2*1H2,2H3;;;. The van der Waals surface area contributed by atoms with Crippen LogP contribution in [0.5, 0.6) is 0 Å². The van der Waals surface area contributed by atoms with Gasteiger partial charge in [-0.15, -0.1) is 0 Å². The van der Waals surface area contributed by atoms with E-state index in [2.05, 4.69) is 83.1 Å². The van der Waals surface area contributed by atoms with Gasteiger partial charge >= 0.3 is 144 Å². The van der Waals surface area contributed by atoms with Gasteiger partial charge in [0.1, 0.15) is 0 Å². The van der Waals surface area contributed by atoms with Gasteiger partial charge in [0.25, 0.3) is 0 Å². The molecule has 0 unspecified atom stereocenters. The van der Waals surface area contributed by atoms with Crippen molar-refractivity contribution in [3.63, 3.8) is 0 Å². The van der Waals surface area contributed by atoms with Crippen LogP contribution in [0, 0.1) is 0 Å². The number of hydrogen-bond acceptors (Lipinski definition) is 1. The molecule has 0 spiro atoms. The molecule has 128 valence electrons. The second kappa shape index (κ2) is 7.52. The van der Waals surface area contributed by atoms with Crippen LogP contribution < -0.4 is 0 Å². The molecule has 0 bridgehead atoms. The van der Waals surface area contributed by atoms with Crippen LogP contribution in [0.25, 0.3) is 0 Å². The molecule has 0 aromatic carbocycles. The molecule has 0 atom stereocenters. The van der Waals surface area contributed by atoms with Crippen molar-refractivity contribution in [3.8, 4) is 0 Å². The van der Waals surface area contributed by atoms with E-state index in [4.69, 9.17) is 1.90 Å². The predicted molar refractivity (Wildman–Crippen MR) is 91.7 cm³/mol. The zero-order valence-corrected chi connectivity index (χ0v) is 20.1. The van der Waals surface area contributed by atoms with Crippen molar-refractivity contribution in [1.82, 2.24) is 0 Å². The molecule has 0 amide bonds. The fraction of sp³-hybridized carbons (Fsp3) is 1.00. The molecule has 0 radical (unpaired) electrons. The van der Waals surface area contributed by atoms with Gasteiger partial charge in [0.05, 0.1) is 0 Å². The van der Waals surface area contributed by atoms with Crippen LogP contribution in [0.3, 0.4) is 0 Å². The summed E-state index contributed by atoms with van der Waals surface area (Å²) in [7, 11) is 0. The Balaban J connectivity index is 6.18. The second-order valence-electron chi connectivity index (χ2n) is 9.42. The molecule has 0 heterocycles. The molecule has 3 heteroatoms. The topological polar surface area (TPSA) is 9.23 Å². The Kier molecular flexibility index (Phi) is 8.02. The van der Waals surface area contributed by atoms with E-state index in [1.54, 1.807) is 0 Å². The molecule has 0 aromatic heterocycles. The van der Waals surface area contributed by atoms with Crippen molar-refractivity contribution < 1.29 is 35.9 Å². The fourth-order valence-electron chi connectivity index (χ4n) is 4.93. The molecule has 0 saturated heterocycles. The molecule has 0 fully saturated rings. The zero-order valence-electron chi connectivity index (χ0n) is 17.0. The van der Waals surface area contributed by atoms with Crippen molar-refractivity contribution in [1.29, 1.82) is 0 Å². The SMILES string of the molecule is C[CH2][Ti]([CH2]C)([O][Ti]([CH](C)C)([C](C)(C)C)[C](C)(C)C)[CH](C)C. The summed E-state index contributed by atoms with van der Waals surface area (Å²) in [6.45, 7) is 29.2. The minimum absolute atomic E-state index is 0.322. The second-order valence-corrected chi connectivity index (χ2v) is 27.2. The van der Waals surface area contributed by atoms with E-state index in [0.29, 0.717) is 11.7 Å². The summed E-state index contributed by atoms with van der Waals surface area (Å²) in [6, 6.07) is 0. The Morgan fingerprint density at radius 1 is 0.714 bits per heavy atom. The minimum atomic E-state index is -2.58. The zero-order chi connectivity index (χ0) is 17.3. The fourth-order valence-corrected chi connectivity index (χ4v) is 33.3. The molecule has 0 aliphatic heterocycles. The summed E-state index contributed by atoms with van der Waals surface area (Å²) >= 11 is -4.83. The van der Waals surface area contributed by atoms with Crippen LogP contribution >= 0.6 is 0 Å². The summed E-state index contributed by atoms with van der Waals surface area (Å²) in [6.07, 6.45) is 0. The Morgan fingerprint density at radius 3 is 1.19 bits per heavy atom. The van der Waals surface area contributed by atoms with Crippen LogP contribution in [0.4, 0.5) is 0 Å². The number of hydrogen-bond donors (Lipinski definition) is 0. The molecular weight excluding hydrogens is 328 g/mol. The normalized spacial score (nSPS) is 15.1. The Bertz CT molecular complexity index is 303. The Hall–Kier alpha value is 1.39. The summed E-state index contributed by atoms with van der Waals surface area (Å²) < 4.78 is 12.3. The van der Waals surface area contributed by atoms with Crippen molar-refractivity contribution in [2.24, 2.45) is 0 Å². The van der Waals surface area contributed by atoms with E-state index in [9.17, 15) is 0 Å². The monoisotopic (exact) mass is 370 g/mol. The molecule has 0 saturated carbocycles. The molecule has 0 aliphatic rings. The molecule has 0 aliphatic carbocycles. The summed E-state index contributed by atoms with van der Waals surface area (Å²) in [4.78, 5) is 0. The van der Waals surface area contributed by atoms with Crippen molar-refractivity contribution in [2.45, 2.75) is 108 Å². The van der Waals surface area contributed by atoms with Crippen molar-refractivity contribution >= 4 is 0 Å². The summed E-state index contributed by atoms with van der Waals surface area (Å²) in [5.41, 5.74) is 0. The third-order valence-corrected chi connectivity index (χ3v) is 28.0. The van der Waals surface area contributed by atoms with E-state index >= 15 is 0 Å². The molecule has 0 aromatic rings. The molecule has 0 rings (SSSR count). The van der Waals surface area contributed by atoms with Gasteiger partial charge in [0, 0.05) is 0 Å². The first-order chi connectivity index (χ1) is 9.22. The van der Waals surface area contributed by atoms with E-state index < -0.39 is 34.0 Å². The first-order valence-electron chi connectivity index (χ1n) is 8.92. The molecule has 21 heavy (non-hydrogen) atoms. The number of rotatable bonds is 6. The summed E-state index contributed by atoms with van der Waals surface area (Å²) in [5, 5.41) is 0. The van der Waals surface area contributed by atoms with Gasteiger partial charge in [0.15, 0.2) is 0 Å². The van der Waals surface area contributed by atoms with Gasteiger partial charge in [-0.2, -0.15) is 0 Å². The van der Waals surface area contributed by atoms with E-state index in [-0.39, 0.29) is 0 Å². The van der Waals surface area contributed by atoms with E-state index in [0.717, 1.165) is 4.22 Å². The van der Waals surface area contributed by atoms with E-state index in [1.807, 2.05) is 0 Å². The first-order valence-corrected chi connectivity index (χ1v) is 15.8. The van der Waals surface area contributed by atoms with Gasteiger partial charge in [0.2, 0.25) is 0 Å². The third-order valence-electron chi connectivity index (χ3n) is 5.65. The van der Waals surface area contributed by atoms with Crippen LogP contribution in [0.1, 0.15) is 83.1 Å². The van der Waals surface area contributed by atoms with Gasteiger partial charge in [-0.1, -0.05) is 0 Å². The molecule has 0 N–H and O–H groups in total. The Labute approximate surface area is 143 Å². The maximum atomic E-state index is 7.55. The van der Waals surface area contributed by atoms with Crippen LogP contribution in [0.15, 0.2) is 0 Å².